The fraction of sp³-hybridized carbons (Fsp3) is 0.364. The average molecular weight is 220 g/mol. The Labute approximate surface area is 94.3 Å². The zero-order valence-electron chi connectivity index (χ0n) is 9.32. The number of Topliss-reactive ketones (excluding diaryl/α,β-unsaturated/α-hetero) is 1. The molecule has 84 valence electrons. The van der Waals surface area contributed by atoms with E-state index in [1.54, 1.807) is 6.07 Å². The molecule has 0 amide bonds. The molecular formula is C11H13BO4. The molecule has 0 aromatic heterocycles. The van der Waals surface area contributed by atoms with Crippen LogP contribution in [0.15, 0.2) is 12.1 Å². The van der Waals surface area contributed by atoms with E-state index in [0.29, 0.717) is 12.4 Å². The van der Waals surface area contributed by atoms with Gasteiger partial charge in [0.15, 0.2) is 5.78 Å². The lowest BCUT2D eigenvalue weighted by atomic mass is 9.78. The Morgan fingerprint density at radius 1 is 1.62 bits per heavy atom. The summed E-state index contributed by atoms with van der Waals surface area (Å²) in [5.74, 6) is 0.561. The molecule has 1 aliphatic heterocycles. The SMILES string of the molecule is CC(=O)COc1cc(C)c2c(c1)B(O)OC2. The normalized spacial score (nSPS) is 13.8. The summed E-state index contributed by atoms with van der Waals surface area (Å²) in [4.78, 5) is 10.8. The molecule has 1 heterocycles. The van der Waals surface area contributed by atoms with Gasteiger partial charge in [0.2, 0.25) is 0 Å². The topological polar surface area (TPSA) is 55.8 Å². The van der Waals surface area contributed by atoms with Gasteiger partial charge < -0.3 is 14.4 Å². The number of fused-ring (bicyclic) bond motifs is 1. The van der Waals surface area contributed by atoms with Gasteiger partial charge in [-0.15, -0.1) is 0 Å². The van der Waals surface area contributed by atoms with Crippen LogP contribution in [0.3, 0.4) is 0 Å². The molecule has 0 fully saturated rings. The van der Waals surface area contributed by atoms with Gasteiger partial charge in [-0.05, 0) is 42.6 Å². The van der Waals surface area contributed by atoms with Gasteiger partial charge in [-0.25, -0.2) is 0 Å². The van der Waals surface area contributed by atoms with Crippen LogP contribution >= 0.6 is 0 Å². The Morgan fingerprint density at radius 3 is 3.06 bits per heavy atom. The zero-order chi connectivity index (χ0) is 11.7. The maximum Gasteiger partial charge on any atom is 0.491 e. The third-order valence-electron chi connectivity index (χ3n) is 2.57. The van der Waals surface area contributed by atoms with Gasteiger partial charge in [-0.2, -0.15) is 0 Å². The minimum Gasteiger partial charge on any atom is -0.486 e. The van der Waals surface area contributed by atoms with Crippen LogP contribution in [0.2, 0.25) is 0 Å². The standard InChI is InChI=1S/C11H13BO4/c1-7-3-9(15-5-8(2)13)4-11-10(7)6-16-12(11)14/h3-4,14H,5-6H2,1-2H3. The number of hydrogen-bond acceptors (Lipinski definition) is 4. The van der Waals surface area contributed by atoms with E-state index in [-0.39, 0.29) is 12.4 Å². The molecule has 1 N–H and O–H groups in total. The first-order valence-corrected chi connectivity index (χ1v) is 5.13. The first-order chi connectivity index (χ1) is 7.58. The Bertz CT molecular complexity index is 430. The van der Waals surface area contributed by atoms with Crippen LogP contribution in [-0.2, 0) is 16.1 Å². The molecule has 0 bridgehead atoms. The van der Waals surface area contributed by atoms with E-state index in [2.05, 4.69) is 0 Å². The van der Waals surface area contributed by atoms with Gasteiger partial charge in [0.1, 0.15) is 12.4 Å². The van der Waals surface area contributed by atoms with Gasteiger partial charge in [-0.3, -0.25) is 4.79 Å². The number of carbonyl (C=O) groups is 1. The van der Waals surface area contributed by atoms with Gasteiger partial charge in [-0.1, -0.05) is 0 Å². The van der Waals surface area contributed by atoms with Crippen molar-refractivity contribution in [3.05, 3.63) is 23.3 Å². The van der Waals surface area contributed by atoms with Crippen molar-refractivity contribution in [1.29, 1.82) is 0 Å². The van der Waals surface area contributed by atoms with Crippen LogP contribution in [0, 0.1) is 6.92 Å². The average Bonchev–Trinajstić information content (AvgIpc) is 2.58. The monoisotopic (exact) mass is 220 g/mol. The minimum atomic E-state index is -0.880. The van der Waals surface area contributed by atoms with Crippen molar-refractivity contribution in [2.24, 2.45) is 0 Å². The molecule has 1 aliphatic rings. The second kappa shape index (κ2) is 4.27. The van der Waals surface area contributed by atoms with Gasteiger partial charge in [0.25, 0.3) is 0 Å². The molecule has 5 heteroatoms. The first kappa shape index (κ1) is 11.2. The highest BCUT2D eigenvalue weighted by Gasteiger charge is 2.29. The van der Waals surface area contributed by atoms with Crippen LogP contribution in [0.25, 0.3) is 0 Å². The predicted octanol–water partition coefficient (Wildman–Crippen LogP) is 0.181. The lowest BCUT2D eigenvalue weighted by Gasteiger charge is -2.08. The summed E-state index contributed by atoms with van der Waals surface area (Å²) >= 11 is 0. The largest absolute Gasteiger partial charge is 0.491 e. The Balaban J connectivity index is 2.25. The van der Waals surface area contributed by atoms with Crippen molar-refractivity contribution in [3.8, 4) is 5.75 Å². The Hall–Kier alpha value is -1.33. The molecule has 1 aromatic rings. The maximum atomic E-state index is 10.8. The molecule has 0 unspecified atom stereocenters. The van der Waals surface area contributed by atoms with Crippen LogP contribution in [-0.4, -0.2) is 24.5 Å². The summed E-state index contributed by atoms with van der Waals surface area (Å²) in [7, 11) is -0.880. The quantitative estimate of drug-likeness (QED) is 0.738. The van der Waals surface area contributed by atoms with Crippen LogP contribution in [0.4, 0.5) is 0 Å². The summed E-state index contributed by atoms with van der Waals surface area (Å²) in [5.41, 5.74) is 2.74. The second-order valence-electron chi connectivity index (χ2n) is 3.96. The number of carbonyl (C=O) groups excluding carboxylic acids is 1. The molecular weight excluding hydrogens is 207 g/mol. The lowest BCUT2D eigenvalue weighted by molar-refractivity contribution is -0.118. The number of ketones is 1. The summed E-state index contributed by atoms with van der Waals surface area (Å²) in [6.45, 7) is 3.88. The van der Waals surface area contributed by atoms with Crippen LogP contribution in [0.5, 0.6) is 5.75 Å². The Kier molecular flexibility index (Phi) is 2.98. The van der Waals surface area contributed by atoms with E-state index >= 15 is 0 Å². The van der Waals surface area contributed by atoms with Crippen molar-refractivity contribution in [2.75, 3.05) is 6.61 Å². The van der Waals surface area contributed by atoms with E-state index in [9.17, 15) is 9.82 Å². The number of hydrogen-bond donors (Lipinski definition) is 1. The highest BCUT2D eigenvalue weighted by Crippen LogP contribution is 2.20. The smallest absolute Gasteiger partial charge is 0.486 e. The van der Waals surface area contributed by atoms with Crippen molar-refractivity contribution < 1.29 is 19.2 Å². The lowest BCUT2D eigenvalue weighted by Crippen LogP contribution is -2.28. The fourth-order valence-corrected chi connectivity index (χ4v) is 1.75. The van der Waals surface area contributed by atoms with E-state index in [4.69, 9.17) is 9.39 Å². The summed E-state index contributed by atoms with van der Waals surface area (Å²) < 4.78 is 10.4. The van der Waals surface area contributed by atoms with Gasteiger partial charge in [0.05, 0.1) is 6.61 Å². The predicted molar refractivity (Wildman–Crippen MR) is 59.8 cm³/mol. The van der Waals surface area contributed by atoms with Crippen molar-refractivity contribution >= 4 is 18.4 Å². The number of aryl methyl sites for hydroxylation is 1. The van der Waals surface area contributed by atoms with Crippen molar-refractivity contribution in [3.63, 3.8) is 0 Å². The van der Waals surface area contributed by atoms with Crippen molar-refractivity contribution in [1.82, 2.24) is 0 Å². The van der Waals surface area contributed by atoms with Crippen LogP contribution in [0.1, 0.15) is 18.1 Å². The summed E-state index contributed by atoms with van der Waals surface area (Å²) in [5, 5.41) is 9.56. The highest BCUT2D eigenvalue weighted by molar-refractivity contribution is 6.61. The molecule has 0 saturated heterocycles. The first-order valence-electron chi connectivity index (χ1n) is 5.13. The molecule has 0 spiro atoms. The van der Waals surface area contributed by atoms with E-state index in [1.165, 1.54) is 6.92 Å². The number of benzene rings is 1. The maximum absolute atomic E-state index is 10.8. The minimum absolute atomic E-state index is 0.0325. The summed E-state index contributed by atoms with van der Waals surface area (Å²) in [6, 6.07) is 3.58. The molecule has 2 rings (SSSR count). The molecule has 1 aromatic carbocycles. The molecule has 0 saturated carbocycles. The van der Waals surface area contributed by atoms with Crippen LogP contribution < -0.4 is 10.2 Å². The Morgan fingerprint density at radius 2 is 2.38 bits per heavy atom. The zero-order valence-corrected chi connectivity index (χ0v) is 9.32. The molecule has 4 nitrogen and oxygen atoms in total. The van der Waals surface area contributed by atoms with E-state index in [1.807, 2.05) is 13.0 Å². The number of ether oxygens (including phenoxy) is 1. The molecule has 0 aliphatic carbocycles. The van der Waals surface area contributed by atoms with E-state index in [0.717, 1.165) is 16.6 Å². The second-order valence-corrected chi connectivity index (χ2v) is 3.96. The fourth-order valence-electron chi connectivity index (χ4n) is 1.75. The third-order valence-corrected chi connectivity index (χ3v) is 2.57. The van der Waals surface area contributed by atoms with Crippen molar-refractivity contribution in [2.45, 2.75) is 20.5 Å². The number of rotatable bonds is 3. The highest BCUT2D eigenvalue weighted by atomic mass is 16.5. The van der Waals surface area contributed by atoms with Gasteiger partial charge >= 0.3 is 7.12 Å². The van der Waals surface area contributed by atoms with E-state index < -0.39 is 7.12 Å². The molecule has 16 heavy (non-hydrogen) atoms. The third kappa shape index (κ3) is 2.10. The molecule has 0 atom stereocenters. The molecule has 0 radical (unpaired) electrons. The summed E-state index contributed by atoms with van der Waals surface area (Å²) in [6.07, 6.45) is 0. The van der Waals surface area contributed by atoms with Gasteiger partial charge in [0, 0.05) is 0 Å².